The molecule has 0 bridgehead atoms. The van der Waals surface area contributed by atoms with Gasteiger partial charge in [0, 0.05) is 0 Å². The molecule has 0 amide bonds. The van der Waals surface area contributed by atoms with Crippen molar-refractivity contribution in [1.29, 1.82) is 0 Å². The summed E-state index contributed by atoms with van der Waals surface area (Å²) in [5, 5.41) is 10.2. The van der Waals surface area contributed by atoms with Crippen LogP contribution in [-0.4, -0.2) is 11.2 Å². The molecule has 1 nitrogen and oxygen atoms in total. The minimum Gasteiger partial charge on any atom is -0.393 e. The first kappa shape index (κ1) is 21.4. The smallest absolute Gasteiger partial charge is 0.0578 e. The van der Waals surface area contributed by atoms with Crippen LogP contribution >= 0.6 is 0 Å². The zero-order valence-electron chi connectivity index (χ0n) is 19.7. The molecule has 0 saturated heterocycles. The van der Waals surface area contributed by atoms with Crippen LogP contribution in [0, 0.1) is 46.3 Å². The summed E-state index contributed by atoms with van der Waals surface area (Å²) in [6.07, 6.45) is 18.4. The van der Waals surface area contributed by atoms with Crippen LogP contribution in [-0.2, 0) is 0 Å². The molecule has 3 fully saturated rings. The lowest BCUT2D eigenvalue weighted by atomic mass is 9.50. The van der Waals surface area contributed by atoms with E-state index in [1.54, 1.807) is 5.57 Å². The van der Waals surface area contributed by atoms with Crippen molar-refractivity contribution in [1.82, 2.24) is 0 Å². The molecular weight excluding hydrogens is 352 g/mol. The maximum Gasteiger partial charge on any atom is 0.0578 e. The van der Waals surface area contributed by atoms with Gasteiger partial charge < -0.3 is 5.11 Å². The van der Waals surface area contributed by atoms with Gasteiger partial charge in [-0.05, 0) is 91.3 Å². The van der Waals surface area contributed by atoms with E-state index in [0.717, 1.165) is 36.5 Å². The minimum atomic E-state index is -0.116. The average molecular weight is 397 g/mol. The number of hydrogen-bond acceptors (Lipinski definition) is 1. The second-order valence-corrected chi connectivity index (χ2v) is 11.9. The highest BCUT2D eigenvalue weighted by Crippen LogP contribution is 2.65. The predicted molar refractivity (Wildman–Crippen MR) is 123 cm³/mol. The van der Waals surface area contributed by atoms with Gasteiger partial charge in [-0.2, -0.15) is 0 Å². The van der Waals surface area contributed by atoms with Crippen molar-refractivity contribution in [3.63, 3.8) is 0 Å². The molecule has 1 heteroatoms. The molecule has 162 valence electrons. The fourth-order valence-corrected chi connectivity index (χ4v) is 7.59. The number of fused-ring (bicyclic) bond motifs is 5. The Balaban J connectivity index is 1.57. The number of hydrogen-bond donors (Lipinski definition) is 1. The molecule has 0 aromatic heterocycles. The lowest BCUT2D eigenvalue weighted by molar-refractivity contribution is 0.0382. The van der Waals surface area contributed by atoms with Gasteiger partial charge in [-0.15, -0.1) is 0 Å². The fraction of sp³-hybridized carbons (Fsp3) is 0.786. The first-order valence-corrected chi connectivity index (χ1v) is 12.4. The largest absolute Gasteiger partial charge is 0.393 e. The van der Waals surface area contributed by atoms with E-state index >= 15 is 0 Å². The van der Waals surface area contributed by atoms with Crippen molar-refractivity contribution in [2.45, 2.75) is 92.6 Å². The molecule has 0 radical (unpaired) electrons. The Bertz CT molecular complexity index is 712. The van der Waals surface area contributed by atoms with Crippen molar-refractivity contribution in [2.75, 3.05) is 0 Å². The SMILES string of the molecule is CC(C)[C@H](C)/C=C/[C@H](C)[C@@H]1CC[C@@H]2C3=CC=C4C[C@H](O)CC[C@]4(C)[C@H]3CC[C@@]21C. The zero-order chi connectivity index (χ0) is 21.0. The van der Waals surface area contributed by atoms with Crippen molar-refractivity contribution < 1.29 is 5.11 Å². The van der Waals surface area contributed by atoms with Gasteiger partial charge in [-0.1, -0.05) is 77.0 Å². The molecule has 0 unspecified atom stereocenters. The molecule has 4 aliphatic carbocycles. The predicted octanol–water partition coefficient (Wildman–Crippen LogP) is 7.33. The van der Waals surface area contributed by atoms with Gasteiger partial charge in [0.1, 0.15) is 0 Å². The van der Waals surface area contributed by atoms with E-state index in [4.69, 9.17) is 0 Å². The van der Waals surface area contributed by atoms with Crippen molar-refractivity contribution in [3.8, 4) is 0 Å². The Morgan fingerprint density at radius 1 is 0.931 bits per heavy atom. The van der Waals surface area contributed by atoms with Gasteiger partial charge in [-0.25, -0.2) is 0 Å². The van der Waals surface area contributed by atoms with Crippen LogP contribution in [0.25, 0.3) is 0 Å². The Morgan fingerprint density at radius 3 is 2.41 bits per heavy atom. The van der Waals surface area contributed by atoms with Crippen LogP contribution in [0.15, 0.2) is 35.5 Å². The van der Waals surface area contributed by atoms with E-state index in [-0.39, 0.29) is 6.10 Å². The number of rotatable bonds is 4. The second kappa shape index (κ2) is 7.70. The average Bonchev–Trinajstić information content (AvgIpc) is 3.03. The lowest BCUT2D eigenvalue weighted by Crippen LogP contribution is -2.46. The molecule has 29 heavy (non-hydrogen) atoms. The maximum absolute atomic E-state index is 10.2. The molecule has 1 N–H and O–H groups in total. The number of aliphatic hydroxyl groups is 1. The molecule has 0 aliphatic heterocycles. The van der Waals surface area contributed by atoms with Crippen LogP contribution in [0.2, 0.25) is 0 Å². The third-order valence-electron chi connectivity index (χ3n) is 10.0. The van der Waals surface area contributed by atoms with Crippen molar-refractivity contribution >= 4 is 0 Å². The number of allylic oxidation sites excluding steroid dienone is 5. The van der Waals surface area contributed by atoms with Gasteiger partial charge in [0.25, 0.3) is 0 Å². The van der Waals surface area contributed by atoms with E-state index in [9.17, 15) is 5.11 Å². The maximum atomic E-state index is 10.2. The first-order valence-electron chi connectivity index (χ1n) is 12.4. The van der Waals surface area contributed by atoms with Crippen molar-refractivity contribution in [3.05, 3.63) is 35.5 Å². The summed E-state index contributed by atoms with van der Waals surface area (Å²) in [6.45, 7) is 14.6. The van der Waals surface area contributed by atoms with E-state index in [1.165, 1.54) is 37.7 Å². The van der Waals surface area contributed by atoms with Crippen LogP contribution in [0.4, 0.5) is 0 Å². The van der Waals surface area contributed by atoms with E-state index in [1.807, 2.05) is 0 Å². The summed E-state index contributed by atoms with van der Waals surface area (Å²) in [7, 11) is 0. The molecule has 0 spiro atoms. The van der Waals surface area contributed by atoms with Gasteiger partial charge >= 0.3 is 0 Å². The Morgan fingerprint density at radius 2 is 1.69 bits per heavy atom. The number of aliphatic hydroxyl groups excluding tert-OH is 1. The van der Waals surface area contributed by atoms with Gasteiger partial charge in [0.15, 0.2) is 0 Å². The Kier molecular flexibility index (Phi) is 5.69. The summed E-state index contributed by atoms with van der Waals surface area (Å²) in [6, 6.07) is 0. The standard InChI is InChI=1S/C28H44O/c1-18(2)19(3)7-8-20(4)24-11-12-25-23-10-9-21-17-22(29)13-15-27(21,5)26(23)14-16-28(24,25)6/h7-10,18-20,22,24-26,29H,11-17H2,1-6H3/b8-7+/t19-,20+,22-,24+,25-,26+,27+,28-/m1/s1. The summed E-state index contributed by atoms with van der Waals surface area (Å²) in [4.78, 5) is 0. The second-order valence-electron chi connectivity index (χ2n) is 11.9. The van der Waals surface area contributed by atoms with Crippen LogP contribution in [0.3, 0.4) is 0 Å². The summed E-state index contributed by atoms with van der Waals surface area (Å²) in [5.41, 5.74) is 4.07. The third-order valence-corrected chi connectivity index (χ3v) is 10.0. The highest BCUT2D eigenvalue weighted by atomic mass is 16.3. The highest BCUT2D eigenvalue weighted by Gasteiger charge is 2.56. The summed E-state index contributed by atoms with van der Waals surface area (Å²) in [5.74, 6) is 4.38. The molecule has 4 aliphatic rings. The summed E-state index contributed by atoms with van der Waals surface area (Å²) < 4.78 is 0. The van der Waals surface area contributed by atoms with Gasteiger partial charge in [0.2, 0.25) is 0 Å². The molecule has 8 atom stereocenters. The molecule has 0 heterocycles. The van der Waals surface area contributed by atoms with Crippen LogP contribution < -0.4 is 0 Å². The lowest BCUT2D eigenvalue weighted by Gasteiger charge is -2.55. The minimum absolute atomic E-state index is 0.116. The van der Waals surface area contributed by atoms with Crippen LogP contribution in [0.1, 0.15) is 86.5 Å². The van der Waals surface area contributed by atoms with E-state index < -0.39 is 0 Å². The normalized spacial score (nSPS) is 44.0. The molecule has 4 rings (SSSR count). The zero-order valence-corrected chi connectivity index (χ0v) is 19.7. The van der Waals surface area contributed by atoms with E-state index in [2.05, 4.69) is 65.8 Å². The molecular formula is C28H44O. The van der Waals surface area contributed by atoms with E-state index in [0.29, 0.717) is 22.7 Å². The first-order chi connectivity index (χ1) is 13.7. The molecule has 0 aromatic rings. The Labute approximate surface area is 179 Å². The van der Waals surface area contributed by atoms with Crippen molar-refractivity contribution in [2.24, 2.45) is 46.3 Å². The molecule has 3 saturated carbocycles. The Hall–Kier alpha value is -0.820. The fourth-order valence-electron chi connectivity index (χ4n) is 7.59. The highest BCUT2D eigenvalue weighted by molar-refractivity contribution is 5.39. The van der Waals surface area contributed by atoms with Crippen LogP contribution in [0.5, 0.6) is 0 Å². The third kappa shape index (κ3) is 3.50. The van der Waals surface area contributed by atoms with Gasteiger partial charge in [0.05, 0.1) is 6.10 Å². The molecule has 0 aromatic carbocycles. The van der Waals surface area contributed by atoms with Gasteiger partial charge in [-0.3, -0.25) is 0 Å². The summed E-state index contributed by atoms with van der Waals surface area (Å²) >= 11 is 0. The topological polar surface area (TPSA) is 20.2 Å². The monoisotopic (exact) mass is 396 g/mol. The quantitative estimate of drug-likeness (QED) is 0.493.